The molecule has 0 aliphatic heterocycles. The third-order valence-electron chi connectivity index (χ3n) is 10.4. The SMILES string of the molecule is CC(C)CCCC(C)C1C(O)C=C2C3CCC4C(CO)CCC4(C)C3CCC21C. The summed E-state index contributed by atoms with van der Waals surface area (Å²) in [5.74, 6) is 4.47. The molecule has 2 N–H and O–H groups in total. The Kier molecular flexibility index (Phi) is 6.01. The highest BCUT2D eigenvalue weighted by Gasteiger charge is 2.60. The van der Waals surface area contributed by atoms with Gasteiger partial charge in [-0.15, -0.1) is 0 Å². The fourth-order valence-corrected chi connectivity index (χ4v) is 8.94. The minimum absolute atomic E-state index is 0.204. The second-order valence-electron chi connectivity index (χ2n) is 12.3. The molecule has 0 aromatic heterocycles. The number of aliphatic hydroxyl groups excluding tert-OH is 2. The van der Waals surface area contributed by atoms with Gasteiger partial charge in [-0.2, -0.15) is 0 Å². The van der Waals surface area contributed by atoms with E-state index in [1.165, 1.54) is 57.8 Å². The lowest BCUT2D eigenvalue weighted by Gasteiger charge is -2.56. The molecule has 0 aromatic carbocycles. The van der Waals surface area contributed by atoms with E-state index in [1.807, 2.05) is 0 Å². The molecule has 9 atom stereocenters. The van der Waals surface area contributed by atoms with Crippen LogP contribution in [0.5, 0.6) is 0 Å². The number of rotatable bonds is 6. The van der Waals surface area contributed by atoms with Crippen LogP contribution in [-0.2, 0) is 0 Å². The predicted octanol–water partition coefficient (Wildman–Crippen LogP) is 6.22. The molecule has 2 heteroatoms. The Labute approximate surface area is 179 Å². The fourth-order valence-electron chi connectivity index (χ4n) is 8.94. The first-order valence-corrected chi connectivity index (χ1v) is 12.7. The molecule has 4 rings (SSSR count). The first-order valence-electron chi connectivity index (χ1n) is 12.7. The Bertz CT molecular complexity index is 624. The fraction of sp³-hybridized carbons (Fsp3) is 0.926. The van der Waals surface area contributed by atoms with Gasteiger partial charge in [0.05, 0.1) is 6.10 Å². The summed E-state index contributed by atoms with van der Waals surface area (Å²) in [5.41, 5.74) is 2.24. The predicted molar refractivity (Wildman–Crippen MR) is 120 cm³/mol. The highest BCUT2D eigenvalue weighted by molar-refractivity contribution is 5.32. The van der Waals surface area contributed by atoms with Crippen molar-refractivity contribution < 1.29 is 10.2 Å². The van der Waals surface area contributed by atoms with Gasteiger partial charge in [-0.25, -0.2) is 0 Å². The van der Waals surface area contributed by atoms with Crippen molar-refractivity contribution in [2.45, 2.75) is 98.5 Å². The van der Waals surface area contributed by atoms with Crippen molar-refractivity contribution in [1.82, 2.24) is 0 Å². The molecule has 0 saturated heterocycles. The summed E-state index contributed by atoms with van der Waals surface area (Å²) in [5, 5.41) is 21.1. The van der Waals surface area contributed by atoms with Gasteiger partial charge in [0.15, 0.2) is 0 Å². The van der Waals surface area contributed by atoms with Crippen LogP contribution in [0, 0.1) is 52.3 Å². The van der Waals surface area contributed by atoms with Gasteiger partial charge in [-0.1, -0.05) is 65.5 Å². The summed E-state index contributed by atoms with van der Waals surface area (Å²) >= 11 is 0. The van der Waals surface area contributed by atoms with Crippen LogP contribution < -0.4 is 0 Å². The molecule has 0 heterocycles. The van der Waals surface area contributed by atoms with Crippen LogP contribution in [0.4, 0.5) is 0 Å². The maximum absolute atomic E-state index is 11.2. The van der Waals surface area contributed by atoms with Crippen molar-refractivity contribution in [2.24, 2.45) is 52.3 Å². The molecule has 166 valence electrons. The normalized spacial score (nSPS) is 47.5. The van der Waals surface area contributed by atoms with E-state index in [2.05, 4.69) is 40.7 Å². The van der Waals surface area contributed by atoms with Gasteiger partial charge in [0.1, 0.15) is 0 Å². The number of aliphatic hydroxyl groups is 2. The first kappa shape index (κ1) is 21.9. The van der Waals surface area contributed by atoms with Crippen molar-refractivity contribution >= 4 is 0 Å². The van der Waals surface area contributed by atoms with E-state index >= 15 is 0 Å². The second-order valence-corrected chi connectivity index (χ2v) is 12.3. The third kappa shape index (κ3) is 3.45. The monoisotopic (exact) mass is 402 g/mol. The Hall–Kier alpha value is -0.340. The van der Waals surface area contributed by atoms with Gasteiger partial charge in [-0.05, 0) is 84.9 Å². The number of hydrogen-bond donors (Lipinski definition) is 2. The Morgan fingerprint density at radius 3 is 2.45 bits per heavy atom. The van der Waals surface area contributed by atoms with Crippen LogP contribution in [0.15, 0.2) is 11.6 Å². The molecule has 0 aromatic rings. The molecule has 0 radical (unpaired) electrons. The third-order valence-corrected chi connectivity index (χ3v) is 10.4. The van der Waals surface area contributed by atoms with Crippen LogP contribution in [-0.4, -0.2) is 22.9 Å². The zero-order valence-electron chi connectivity index (χ0n) is 19.7. The molecule has 3 saturated carbocycles. The van der Waals surface area contributed by atoms with E-state index in [9.17, 15) is 10.2 Å². The highest BCUT2D eigenvalue weighted by atomic mass is 16.3. The molecule has 2 nitrogen and oxygen atoms in total. The zero-order chi connectivity index (χ0) is 21.0. The molecule has 4 aliphatic carbocycles. The summed E-state index contributed by atoms with van der Waals surface area (Å²) in [6.07, 6.45) is 13.6. The van der Waals surface area contributed by atoms with E-state index in [1.54, 1.807) is 5.57 Å². The van der Waals surface area contributed by atoms with Crippen molar-refractivity contribution in [1.29, 1.82) is 0 Å². The maximum atomic E-state index is 11.2. The molecular weight excluding hydrogens is 356 g/mol. The van der Waals surface area contributed by atoms with Crippen LogP contribution >= 0.6 is 0 Å². The number of allylic oxidation sites excluding steroid dienone is 1. The first-order chi connectivity index (χ1) is 13.7. The lowest BCUT2D eigenvalue weighted by molar-refractivity contribution is -0.0422. The number of fused-ring (bicyclic) bond motifs is 5. The lowest BCUT2D eigenvalue weighted by atomic mass is 9.48. The van der Waals surface area contributed by atoms with Crippen LogP contribution in [0.1, 0.15) is 92.4 Å². The van der Waals surface area contributed by atoms with Crippen molar-refractivity contribution in [3.05, 3.63) is 11.6 Å². The smallest absolute Gasteiger partial charge is 0.0762 e. The second kappa shape index (κ2) is 7.97. The van der Waals surface area contributed by atoms with Crippen LogP contribution in [0.2, 0.25) is 0 Å². The summed E-state index contributed by atoms with van der Waals surface area (Å²) in [4.78, 5) is 0. The van der Waals surface area contributed by atoms with Gasteiger partial charge >= 0.3 is 0 Å². The lowest BCUT2D eigenvalue weighted by Crippen LogP contribution is -2.49. The minimum Gasteiger partial charge on any atom is -0.396 e. The zero-order valence-corrected chi connectivity index (χ0v) is 19.7. The summed E-state index contributed by atoms with van der Waals surface area (Å²) in [6, 6.07) is 0. The standard InChI is InChI=1S/C27H46O2/c1-17(2)7-6-8-18(3)25-24(29)15-23-20-9-10-21-19(16-28)11-13-26(21,4)22(20)12-14-27(23,25)5/h15,17-22,24-25,28-29H,6-14,16H2,1-5H3. The van der Waals surface area contributed by atoms with E-state index in [-0.39, 0.29) is 11.5 Å². The average molecular weight is 403 g/mol. The maximum Gasteiger partial charge on any atom is 0.0762 e. The largest absolute Gasteiger partial charge is 0.396 e. The summed E-state index contributed by atoms with van der Waals surface area (Å²) < 4.78 is 0. The number of hydrogen-bond acceptors (Lipinski definition) is 2. The van der Waals surface area contributed by atoms with Gasteiger partial charge in [0.2, 0.25) is 0 Å². The molecule has 3 fully saturated rings. The van der Waals surface area contributed by atoms with Gasteiger partial charge in [0.25, 0.3) is 0 Å². The van der Waals surface area contributed by atoms with Gasteiger partial charge in [0, 0.05) is 12.5 Å². The average Bonchev–Trinajstić information content (AvgIpc) is 3.13. The highest BCUT2D eigenvalue weighted by Crippen LogP contribution is 2.68. The Morgan fingerprint density at radius 1 is 1.00 bits per heavy atom. The molecule has 0 bridgehead atoms. The van der Waals surface area contributed by atoms with Crippen molar-refractivity contribution in [3.63, 3.8) is 0 Å². The van der Waals surface area contributed by atoms with E-state index < -0.39 is 0 Å². The van der Waals surface area contributed by atoms with Gasteiger partial charge in [-0.3, -0.25) is 0 Å². The Balaban J connectivity index is 1.52. The van der Waals surface area contributed by atoms with E-state index in [0.717, 1.165) is 17.8 Å². The summed E-state index contributed by atoms with van der Waals surface area (Å²) in [6.45, 7) is 12.5. The topological polar surface area (TPSA) is 40.5 Å². The quantitative estimate of drug-likeness (QED) is 0.518. The van der Waals surface area contributed by atoms with Crippen LogP contribution in [0.25, 0.3) is 0 Å². The Morgan fingerprint density at radius 2 is 1.76 bits per heavy atom. The molecule has 29 heavy (non-hydrogen) atoms. The van der Waals surface area contributed by atoms with Crippen molar-refractivity contribution in [3.8, 4) is 0 Å². The van der Waals surface area contributed by atoms with Gasteiger partial charge < -0.3 is 10.2 Å². The van der Waals surface area contributed by atoms with E-state index in [4.69, 9.17) is 0 Å². The van der Waals surface area contributed by atoms with Crippen LogP contribution in [0.3, 0.4) is 0 Å². The molecule has 0 spiro atoms. The van der Waals surface area contributed by atoms with E-state index in [0.29, 0.717) is 35.7 Å². The molecular formula is C27H46O2. The molecule has 9 unspecified atom stereocenters. The van der Waals surface area contributed by atoms with Crippen molar-refractivity contribution in [2.75, 3.05) is 6.61 Å². The molecule has 4 aliphatic rings. The minimum atomic E-state index is -0.248. The summed E-state index contributed by atoms with van der Waals surface area (Å²) in [7, 11) is 0. The molecule has 0 amide bonds.